The third kappa shape index (κ3) is 6.42. The number of methoxy groups -OCH3 is 1. The molecule has 6 nitrogen and oxygen atoms in total. The van der Waals surface area contributed by atoms with E-state index in [0.717, 1.165) is 22.4 Å². The number of rotatable bonds is 9. The number of anilines is 2. The molecule has 0 unspecified atom stereocenters. The lowest BCUT2D eigenvalue weighted by Gasteiger charge is -2.23. The largest absolute Gasteiger partial charge is 0.466 e. The molecule has 0 aliphatic rings. The molecule has 0 N–H and O–H groups in total. The van der Waals surface area contributed by atoms with Crippen molar-refractivity contribution in [1.29, 1.82) is 0 Å². The van der Waals surface area contributed by atoms with Crippen molar-refractivity contribution < 1.29 is 14.3 Å². The summed E-state index contributed by atoms with van der Waals surface area (Å²) in [5, 5.41) is 0. The fraction of sp³-hybridized carbons (Fsp3) is 0.0938. The number of pyridine rings is 1. The summed E-state index contributed by atoms with van der Waals surface area (Å²) in [6, 6.07) is 27.4. The topological polar surface area (TPSA) is 62.7 Å². The Labute approximate surface area is 223 Å². The van der Waals surface area contributed by atoms with Crippen molar-refractivity contribution in [1.82, 2.24) is 4.98 Å². The maximum Gasteiger partial charge on any atom is 0.330 e. The second-order valence-corrected chi connectivity index (χ2v) is 8.63. The Morgan fingerprint density at radius 3 is 2.18 bits per heavy atom. The highest BCUT2D eigenvalue weighted by atomic mass is 16.5. The average Bonchev–Trinajstić information content (AvgIpc) is 2.99. The summed E-state index contributed by atoms with van der Waals surface area (Å²) in [6.45, 7) is 4.15. The fourth-order valence-corrected chi connectivity index (χ4v) is 3.91. The minimum Gasteiger partial charge on any atom is -0.466 e. The molecular formula is C32H29N3O3. The van der Waals surface area contributed by atoms with Crippen LogP contribution >= 0.6 is 0 Å². The van der Waals surface area contributed by atoms with E-state index in [-0.39, 0.29) is 5.91 Å². The number of carbonyl (C=O) groups excluding carboxylic acids is 2. The molecule has 0 aliphatic carbocycles. The Balaban J connectivity index is 1.61. The predicted molar refractivity (Wildman–Crippen MR) is 153 cm³/mol. The molecule has 0 fully saturated rings. The van der Waals surface area contributed by atoms with Gasteiger partial charge in [0.25, 0.3) is 5.91 Å². The van der Waals surface area contributed by atoms with Crippen LogP contribution in [0.2, 0.25) is 0 Å². The Morgan fingerprint density at radius 2 is 1.55 bits per heavy atom. The first kappa shape index (κ1) is 26.1. The number of benzene rings is 3. The van der Waals surface area contributed by atoms with E-state index in [1.165, 1.54) is 13.2 Å². The van der Waals surface area contributed by atoms with Crippen LogP contribution in [0.25, 0.3) is 17.2 Å². The number of ether oxygens (including phenoxy) is 1. The number of hydrogen-bond acceptors (Lipinski definition) is 5. The van der Waals surface area contributed by atoms with Crippen LogP contribution in [0, 0.1) is 0 Å². The van der Waals surface area contributed by atoms with E-state index >= 15 is 0 Å². The van der Waals surface area contributed by atoms with Crippen molar-refractivity contribution in [3.8, 4) is 11.1 Å². The first-order valence-electron chi connectivity index (χ1n) is 12.1. The molecule has 38 heavy (non-hydrogen) atoms. The van der Waals surface area contributed by atoms with Gasteiger partial charge in [0, 0.05) is 30.6 Å². The van der Waals surface area contributed by atoms with Gasteiger partial charge in [-0.3, -0.25) is 9.78 Å². The molecule has 6 heteroatoms. The summed E-state index contributed by atoms with van der Waals surface area (Å²) in [5.74, 6) is -0.609. The van der Waals surface area contributed by atoms with Gasteiger partial charge in [0.15, 0.2) is 0 Å². The van der Waals surface area contributed by atoms with Gasteiger partial charge in [0.1, 0.15) is 0 Å². The van der Waals surface area contributed by atoms with Crippen molar-refractivity contribution >= 4 is 29.3 Å². The summed E-state index contributed by atoms with van der Waals surface area (Å²) in [4.78, 5) is 33.0. The van der Waals surface area contributed by atoms with E-state index in [1.807, 2.05) is 48.3 Å². The summed E-state index contributed by atoms with van der Waals surface area (Å²) in [6.07, 6.45) is 7.98. The number of nitrogens with zero attached hydrogens (tertiary/aromatic N) is 3. The molecule has 0 atom stereocenters. The quantitative estimate of drug-likeness (QED) is 0.196. The van der Waals surface area contributed by atoms with E-state index in [0.29, 0.717) is 23.4 Å². The molecule has 1 amide bonds. The van der Waals surface area contributed by atoms with E-state index in [2.05, 4.69) is 52.7 Å². The second-order valence-electron chi connectivity index (χ2n) is 8.63. The molecular weight excluding hydrogens is 474 g/mol. The molecule has 1 heterocycles. The third-order valence-electron chi connectivity index (χ3n) is 6.11. The molecule has 3 aromatic carbocycles. The van der Waals surface area contributed by atoms with Crippen molar-refractivity contribution in [3.63, 3.8) is 0 Å². The molecule has 4 rings (SSSR count). The van der Waals surface area contributed by atoms with Crippen LogP contribution in [0.3, 0.4) is 0 Å². The molecule has 0 spiro atoms. The van der Waals surface area contributed by atoms with Gasteiger partial charge in [-0.05, 0) is 64.9 Å². The lowest BCUT2D eigenvalue weighted by Crippen LogP contribution is -2.30. The molecule has 1 aromatic heterocycles. The van der Waals surface area contributed by atoms with Crippen LogP contribution in [0.1, 0.15) is 21.5 Å². The first-order chi connectivity index (χ1) is 18.5. The summed E-state index contributed by atoms with van der Waals surface area (Å²) < 4.78 is 4.67. The zero-order valence-electron chi connectivity index (χ0n) is 21.5. The lowest BCUT2D eigenvalue weighted by atomic mass is 10.0. The van der Waals surface area contributed by atoms with Gasteiger partial charge in [-0.2, -0.15) is 0 Å². The number of amides is 1. The number of hydrogen-bond donors (Lipinski definition) is 0. The standard InChI is InChI=1S/C32H29N3O3/c1-4-34(2)29-17-15-27(16-18-29)26-13-10-24(11-14-26)23-35(32(37)28-8-6-5-7-9-28)30-20-25(21-33-22-30)12-19-31(36)38-3/h4-22H,1,23H2,2-3H3/b19-12+. The highest BCUT2D eigenvalue weighted by Gasteiger charge is 2.19. The SMILES string of the molecule is C=CN(C)c1ccc(-c2ccc(CN(C(=O)c3ccccc3)c3cncc(/C=C/C(=O)OC)c3)cc2)cc1. The lowest BCUT2D eigenvalue weighted by molar-refractivity contribution is -0.134. The van der Waals surface area contributed by atoms with Crippen LogP contribution in [0.5, 0.6) is 0 Å². The molecule has 0 saturated carbocycles. The van der Waals surface area contributed by atoms with Gasteiger partial charge in [-0.1, -0.05) is 61.2 Å². The average molecular weight is 504 g/mol. The molecule has 0 radical (unpaired) electrons. The van der Waals surface area contributed by atoms with E-state index in [9.17, 15) is 9.59 Å². The fourth-order valence-electron chi connectivity index (χ4n) is 3.91. The minimum absolute atomic E-state index is 0.146. The number of carbonyl (C=O) groups is 2. The smallest absolute Gasteiger partial charge is 0.330 e. The zero-order chi connectivity index (χ0) is 26.9. The maximum absolute atomic E-state index is 13.6. The van der Waals surface area contributed by atoms with Crippen LogP contribution in [0.4, 0.5) is 11.4 Å². The van der Waals surface area contributed by atoms with Crippen molar-refractivity contribution in [2.24, 2.45) is 0 Å². The van der Waals surface area contributed by atoms with Crippen LogP contribution in [-0.2, 0) is 16.1 Å². The summed E-state index contributed by atoms with van der Waals surface area (Å²) >= 11 is 0. The normalized spacial score (nSPS) is 10.7. The Morgan fingerprint density at radius 1 is 0.895 bits per heavy atom. The Kier molecular flexibility index (Phi) is 8.46. The van der Waals surface area contributed by atoms with Gasteiger partial charge < -0.3 is 14.5 Å². The highest BCUT2D eigenvalue weighted by Crippen LogP contribution is 2.25. The monoisotopic (exact) mass is 503 g/mol. The highest BCUT2D eigenvalue weighted by molar-refractivity contribution is 6.06. The second kappa shape index (κ2) is 12.3. The van der Waals surface area contributed by atoms with E-state index in [1.54, 1.807) is 41.7 Å². The van der Waals surface area contributed by atoms with Crippen LogP contribution in [0.15, 0.2) is 116 Å². The first-order valence-corrected chi connectivity index (χ1v) is 12.1. The summed E-state index contributed by atoms with van der Waals surface area (Å²) in [7, 11) is 3.28. The summed E-state index contributed by atoms with van der Waals surface area (Å²) in [5.41, 5.74) is 6.09. The molecule has 0 bridgehead atoms. The molecule has 0 saturated heterocycles. The molecule has 0 aliphatic heterocycles. The van der Waals surface area contributed by atoms with Gasteiger partial charge in [0.05, 0.1) is 25.5 Å². The molecule has 190 valence electrons. The Hall–Kier alpha value is -4.97. The number of esters is 1. The van der Waals surface area contributed by atoms with Crippen molar-refractivity contribution in [2.75, 3.05) is 24.0 Å². The van der Waals surface area contributed by atoms with Gasteiger partial charge in [0.2, 0.25) is 0 Å². The van der Waals surface area contributed by atoms with Crippen LogP contribution < -0.4 is 9.80 Å². The van der Waals surface area contributed by atoms with Crippen molar-refractivity contribution in [3.05, 3.63) is 133 Å². The molecule has 4 aromatic rings. The predicted octanol–water partition coefficient (Wildman–Crippen LogP) is 6.36. The Bertz CT molecular complexity index is 1430. The van der Waals surface area contributed by atoms with Crippen LogP contribution in [-0.4, -0.2) is 31.0 Å². The zero-order valence-corrected chi connectivity index (χ0v) is 21.5. The number of aromatic nitrogens is 1. The van der Waals surface area contributed by atoms with Gasteiger partial charge in [-0.25, -0.2) is 4.79 Å². The van der Waals surface area contributed by atoms with E-state index in [4.69, 9.17) is 0 Å². The van der Waals surface area contributed by atoms with Crippen molar-refractivity contribution in [2.45, 2.75) is 6.54 Å². The third-order valence-corrected chi connectivity index (χ3v) is 6.11. The van der Waals surface area contributed by atoms with E-state index < -0.39 is 5.97 Å². The minimum atomic E-state index is -0.463. The maximum atomic E-state index is 13.6. The van der Waals surface area contributed by atoms with Gasteiger partial charge >= 0.3 is 5.97 Å². The van der Waals surface area contributed by atoms with Gasteiger partial charge in [-0.15, -0.1) is 0 Å².